The third-order valence-electron chi connectivity index (χ3n) is 0. The molecule has 0 unspecified atom stereocenters. The fourth-order valence-electron chi connectivity index (χ4n) is 0. The van der Waals surface area contributed by atoms with Crippen LogP contribution in [0.5, 0.6) is 0 Å². The van der Waals surface area contributed by atoms with Crippen LogP contribution in [-0.2, 0) is 44.0 Å². The monoisotopic (exact) mass is 330 g/mol. The van der Waals surface area contributed by atoms with E-state index >= 15 is 0 Å². The van der Waals surface area contributed by atoms with Crippen molar-refractivity contribution < 1.29 is 58.2 Å². The van der Waals surface area contributed by atoms with Crippen LogP contribution in [0.1, 0.15) is 0 Å². The molecule has 0 radical (unpaired) electrons. The Hall–Kier alpha value is 0.995. The second kappa shape index (κ2) is 11.1. The van der Waals surface area contributed by atoms with Gasteiger partial charge in [-0.1, -0.05) is 0 Å². The van der Waals surface area contributed by atoms with Gasteiger partial charge in [0.05, 0.1) is 0 Å². The molecule has 0 aromatic heterocycles. The van der Waals surface area contributed by atoms with Crippen LogP contribution >= 0.6 is 0 Å². The standard InChI is InChI=1S/Mg.Mo.2H2O4S.O/c;;2*1-5(2,3)4;/h;;2*(H2,1,2,3,4);/q2*+2;;;/p-4. The number of hydrogen-bond donors (Lipinski definition) is 0. The molecule has 74 valence electrons. The Morgan fingerprint density at radius 2 is 0.692 bits per heavy atom. The van der Waals surface area contributed by atoms with E-state index in [9.17, 15) is 0 Å². The second-order valence-electron chi connectivity index (χ2n) is 0.816. The van der Waals surface area contributed by atoms with E-state index in [-0.39, 0.29) is 23.1 Å². The van der Waals surface area contributed by atoms with Crippen LogP contribution in [0.2, 0.25) is 0 Å². The predicted molar refractivity (Wildman–Crippen MR) is 27.4 cm³/mol. The molecule has 0 heterocycles. The molecule has 13 heteroatoms. The predicted octanol–water partition coefficient (Wildman–Crippen LogP) is -3.18. The zero-order valence-corrected chi connectivity index (χ0v) is 10.7. The molecule has 0 fully saturated rings. The number of hydrogen-bond acceptors (Lipinski definition) is 9. The molecule has 0 saturated carbocycles. The van der Waals surface area contributed by atoms with Crippen LogP contribution < -0.4 is 0 Å². The summed E-state index contributed by atoms with van der Waals surface area (Å²) >= 11 is 0.700. The molecule has 0 amide bonds. The first-order valence-corrected chi connectivity index (χ1v) is 4.99. The Bertz CT molecular complexity index is 227. The Balaban J connectivity index is -0.0000000491. The summed E-state index contributed by atoms with van der Waals surface area (Å²) in [4.78, 5) is 0. The van der Waals surface area contributed by atoms with Gasteiger partial charge in [-0.25, -0.2) is 0 Å². The summed E-state index contributed by atoms with van der Waals surface area (Å²) in [7, 11) is -10.3. The minimum absolute atomic E-state index is 0. The van der Waals surface area contributed by atoms with E-state index in [2.05, 4.69) is 0 Å². The van der Waals surface area contributed by atoms with E-state index in [0.717, 1.165) is 0 Å². The van der Waals surface area contributed by atoms with Gasteiger partial charge in [-0.15, -0.1) is 0 Å². The molecule has 0 N–H and O–H groups in total. The van der Waals surface area contributed by atoms with Crippen LogP contribution in [0.25, 0.3) is 0 Å². The van der Waals surface area contributed by atoms with Crippen LogP contribution in [-0.4, -0.2) is 58.1 Å². The van der Waals surface area contributed by atoms with Crippen molar-refractivity contribution in [3.8, 4) is 0 Å². The van der Waals surface area contributed by atoms with Crippen LogP contribution in [0.3, 0.4) is 0 Å². The molecule has 0 aromatic carbocycles. The van der Waals surface area contributed by atoms with Crippen molar-refractivity contribution in [1.29, 1.82) is 0 Å². The second-order valence-corrected chi connectivity index (χ2v) is 2.45. The molecule has 0 aliphatic carbocycles. The summed E-state index contributed by atoms with van der Waals surface area (Å²) in [5.74, 6) is 0. The van der Waals surface area contributed by atoms with Crippen molar-refractivity contribution in [3.05, 3.63) is 0 Å². The minimum atomic E-state index is -5.17. The van der Waals surface area contributed by atoms with Crippen molar-refractivity contribution in [1.82, 2.24) is 0 Å². The molecule has 0 atom stereocenters. The summed E-state index contributed by atoms with van der Waals surface area (Å²) in [5, 5.41) is 0. The first-order chi connectivity index (χ1) is 5.00. The molecular weight excluding hydrogens is 328 g/mol. The molecule has 0 aromatic rings. The van der Waals surface area contributed by atoms with Gasteiger partial charge in [-0.2, -0.15) is 0 Å². The third kappa shape index (κ3) is 1590. The van der Waals surface area contributed by atoms with Crippen LogP contribution in [0, 0.1) is 0 Å². The van der Waals surface area contributed by atoms with Gasteiger partial charge >= 0.3 is 46.2 Å². The van der Waals surface area contributed by atoms with E-state index in [1.165, 1.54) is 0 Å². The summed E-state index contributed by atoms with van der Waals surface area (Å²) in [5.41, 5.74) is 0. The summed E-state index contributed by atoms with van der Waals surface area (Å²) < 4.78 is 76.4. The van der Waals surface area contributed by atoms with Gasteiger partial charge in [0, 0.05) is 20.8 Å². The van der Waals surface area contributed by atoms with Gasteiger partial charge in [0.1, 0.15) is 0 Å². The van der Waals surface area contributed by atoms with E-state index in [0.29, 0.717) is 19.8 Å². The summed E-state index contributed by atoms with van der Waals surface area (Å²) in [6, 6.07) is 0. The van der Waals surface area contributed by atoms with Gasteiger partial charge in [-0.3, -0.25) is 16.8 Å². The van der Waals surface area contributed by atoms with E-state index < -0.39 is 20.8 Å². The maximum absolute atomic E-state index is 8.52. The molecule has 0 spiro atoms. The van der Waals surface area contributed by atoms with E-state index in [4.69, 9.17) is 38.4 Å². The Labute approximate surface area is 101 Å². The van der Waals surface area contributed by atoms with Gasteiger partial charge in [-0.05, 0) is 0 Å². The summed E-state index contributed by atoms with van der Waals surface area (Å²) in [6.07, 6.45) is 0. The Morgan fingerprint density at radius 1 is 0.692 bits per heavy atom. The van der Waals surface area contributed by atoms with Crippen LogP contribution in [0.15, 0.2) is 0 Å². The van der Waals surface area contributed by atoms with Gasteiger partial charge in [0.2, 0.25) is 0 Å². The van der Waals surface area contributed by atoms with Crippen molar-refractivity contribution in [2.75, 3.05) is 0 Å². The fraction of sp³-hybridized carbons (Fsp3) is 0. The summed E-state index contributed by atoms with van der Waals surface area (Å²) in [6.45, 7) is 0. The van der Waals surface area contributed by atoms with Gasteiger partial charge in [0.25, 0.3) is 0 Å². The Kier molecular flexibility index (Phi) is 20.1. The van der Waals surface area contributed by atoms with Gasteiger partial charge in [0.15, 0.2) is 0 Å². The van der Waals surface area contributed by atoms with Crippen molar-refractivity contribution in [2.45, 2.75) is 0 Å². The first kappa shape index (κ1) is 23.7. The van der Waals surface area contributed by atoms with Gasteiger partial charge < -0.3 is 18.2 Å². The molecule has 13 heavy (non-hydrogen) atoms. The zero-order valence-electron chi connectivity index (χ0n) is 5.61. The van der Waals surface area contributed by atoms with E-state index in [1.807, 2.05) is 0 Å². The molecule has 0 rings (SSSR count). The van der Waals surface area contributed by atoms with E-state index in [1.54, 1.807) is 0 Å². The molecule has 0 saturated heterocycles. The molecule has 0 aliphatic heterocycles. The van der Waals surface area contributed by atoms with Crippen molar-refractivity contribution in [2.24, 2.45) is 0 Å². The van der Waals surface area contributed by atoms with Crippen molar-refractivity contribution >= 4 is 43.9 Å². The van der Waals surface area contributed by atoms with Crippen molar-refractivity contribution in [3.63, 3.8) is 0 Å². The normalized spacial score (nSPS) is 9.15. The molecule has 0 bridgehead atoms. The Morgan fingerprint density at radius 3 is 0.692 bits per heavy atom. The average molecular weight is 328 g/mol. The maximum atomic E-state index is 8.52. The fourth-order valence-corrected chi connectivity index (χ4v) is 0. The average Bonchev–Trinajstić information content (AvgIpc) is 1.59. The molecular formula is MgMoO9S2. The molecule has 9 nitrogen and oxygen atoms in total. The molecule has 0 aliphatic rings. The third-order valence-corrected chi connectivity index (χ3v) is 0. The van der Waals surface area contributed by atoms with Crippen LogP contribution in [0.4, 0.5) is 0 Å². The number of rotatable bonds is 0. The quantitative estimate of drug-likeness (QED) is 0.252. The zero-order chi connectivity index (χ0) is 11.0. The first-order valence-electron chi connectivity index (χ1n) is 1.50. The SMILES string of the molecule is O=S(=O)([O-])[O-].O=S(=O)([O-])[O-].[Mg+2].[O]=[Mo+2]. The topological polar surface area (TPSA) is 178 Å².